The maximum absolute atomic E-state index is 12.6. The summed E-state index contributed by atoms with van der Waals surface area (Å²) in [5.74, 6) is -0.609. The summed E-state index contributed by atoms with van der Waals surface area (Å²) in [4.78, 5) is 12.6. The lowest BCUT2D eigenvalue weighted by Gasteiger charge is -2.56. The zero-order chi connectivity index (χ0) is 17.8. The number of rotatable bonds is 5. The van der Waals surface area contributed by atoms with Crippen LogP contribution in [0.2, 0.25) is 18.1 Å². The molecule has 1 saturated heterocycles. The number of aliphatic hydroxyl groups excluding tert-OH is 1. The van der Waals surface area contributed by atoms with Gasteiger partial charge in [-0.1, -0.05) is 41.2 Å². The minimum Gasteiger partial charge on any atom is -0.454 e. The molecule has 0 bridgehead atoms. The number of hydrogen-bond acceptors (Lipinski definition) is 4. The summed E-state index contributed by atoms with van der Waals surface area (Å²) in [5.41, 5.74) is -0.722. The van der Waals surface area contributed by atoms with E-state index >= 15 is 0 Å². The van der Waals surface area contributed by atoms with E-state index in [1.165, 1.54) is 0 Å². The largest absolute Gasteiger partial charge is 0.454 e. The summed E-state index contributed by atoms with van der Waals surface area (Å²) in [5, 5.41) is 9.94. The molecule has 1 aliphatic carbocycles. The Morgan fingerprint density at radius 2 is 2.04 bits per heavy atom. The summed E-state index contributed by atoms with van der Waals surface area (Å²) >= 11 is 0. The highest BCUT2D eigenvalue weighted by molar-refractivity contribution is 6.74. The number of carbonyl (C=O) groups excluding carboxylic acids is 1. The van der Waals surface area contributed by atoms with Gasteiger partial charge in [-0.3, -0.25) is 4.79 Å². The van der Waals surface area contributed by atoms with E-state index in [-0.39, 0.29) is 28.9 Å². The number of hydrogen-bond donors (Lipinski definition) is 1. The second-order valence-electron chi connectivity index (χ2n) is 9.24. The van der Waals surface area contributed by atoms with E-state index in [0.717, 1.165) is 6.42 Å². The monoisotopic (exact) mass is 340 g/mol. The van der Waals surface area contributed by atoms with E-state index in [9.17, 15) is 9.90 Å². The number of ether oxygens (including phenoxy) is 1. The van der Waals surface area contributed by atoms with Crippen LogP contribution in [0.5, 0.6) is 0 Å². The highest BCUT2D eigenvalue weighted by Gasteiger charge is 2.71. The van der Waals surface area contributed by atoms with Crippen molar-refractivity contribution < 1.29 is 19.1 Å². The van der Waals surface area contributed by atoms with Crippen LogP contribution in [0.4, 0.5) is 0 Å². The van der Waals surface area contributed by atoms with Crippen molar-refractivity contribution in [1.29, 1.82) is 0 Å². The van der Waals surface area contributed by atoms with Crippen LogP contribution < -0.4 is 0 Å². The van der Waals surface area contributed by atoms with Crippen molar-refractivity contribution in [2.45, 2.75) is 70.9 Å². The van der Waals surface area contributed by atoms with Crippen molar-refractivity contribution in [3.8, 4) is 0 Å². The van der Waals surface area contributed by atoms with E-state index in [4.69, 9.17) is 9.16 Å². The van der Waals surface area contributed by atoms with Crippen molar-refractivity contribution in [1.82, 2.24) is 0 Å². The Bertz CT molecular complexity index is 506. The predicted molar refractivity (Wildman–Crippen MR) is 93.6 cm³/mol. The molecule has 132 valence electrons. The number of esters is 1. The van der Waals surface area contributed by atoms with Gasteiger partial charge in [0.1, 0.15) is 5.60 Å². The lowest BCUT2D eigenvalue weighted by atomic mass is 9.50. The van der Waals surface area contributed by atoms with Crippen LogP contribution >= 0.6 is 0 Å². The van der Waals surface area contributed by atoms with E-state index in [1.54, 1.807) is 6.08 Å². The predicted octanol–water partition coefficient (Wildman–Crippen LogP) is 3.51. The van der Waals surface area contributed by atoms with Gasteiger partial charge in [0.2, 0.25) is 0 Å². The van der Waals surface area contributed by atoms with Gasteiger partial charge in [0, 0.05) is 11.3 Å². The number of fused-ring (bicyclic) bond motifs is 1. The Morgan fingerprint density at radius 3 is 2.39 bits per heavy atom. The Labute approximate surface area is 141 Å². The summed E-state index contributed by atoms with van der Waals surface area (Å²) in [6.45, 7) is 18.7. The van der Waals surface area contributed by atoms with Crippen LogP contribution in [0, 0.1) is 17.3 Å². The standard InChI is InChI=1S/C18H32O4Si/c1-9-18-12(10-17(18,5)6)14(15(20)21-18)13(11-19)22-23(7,8)16(2,3)4/h9,12-14,19H,1,10-11H2,2-8H3/t12-,13+,14+,18+/m0/s1. The molecule has 0 amide bonds. The highest BCUT2D eigenvalue weighted by atomic mass is 28.4. The third kappa shape index (κ3) is 2.61. The SMILES string of the molecule is C=C[C@@]12OC(=O)[C@@H]([C@@H](CO)O[Si](C)(C)C(C)(C)C)[C@@H]1CC2(C)C. The molecule has 0 aromatic rings. The van der Waals surface area contributed by atoms with Gasteiger partial charge >= 0.3 is 5.97 Å². The van der Waals surface area contributed by atoms with Crippen molar-refractivity contribution >= 4 is 14.3 Å². The summed E-state index contributed by atoms with van der Waals surface area (Å²) < 4.78 is 12.1. The van der Waals surface area contributed by atoms with Crippen molar-refractivity contribution in [3.05, 3.63) is 12.7 Å². The third-order valence-corrected chi connectivity index (χ3v) is 11.0. The molecule has 5 heteroatoms. The molecule has 0 aromatic carbocycles. The molecule has 0 unspecified atom stereocenters. The lowest BCUT2D eigenvalue weighted by molar-refractivity contribution is -0.173. The molecule has 23 heavy (non-hydrogen) atoms. The van der Waals surface area contributed by atoms with Gasteiger partial charge in [0.05, 0.1) is 18.6 Å². The Morgan fingerprint density at radius 1 is 1.48 bits per heavy atom. The molecule has 4 nitrogen and oxygen atoms in total. The van der Waals surface area contributed by atoms with Crippen LogP contribution in [-0.4, -0.2) is 37.7 Å². The zero-order valence-corrected chi connectivity index (χ0v) is 16.6. The van der Waals surface area contributed by atoms with E-state index in [1.807, 2.05) is 0 Å². The van der Waals surface area contributed by atoms with Crippen LogP contribution in [0.25, 0.3) is 0 Å². The van der Waals surface area contributed by atoms with Gasteiger partial charge in [-0.15, -0.1) is 0 Å². The molecule has 1 saturated carbocycles. The van der Waals surface area contributed by atoms with Crippen LogP contribution in [0.15, 0.2) is 12.7 Å². The van der Waals surface area contributed by atoms with E-state index in [0.29, 0.717) is 0 Å². The van der Waals surface area contributed by atoms with Gasteiger partial charge in [-0.2, -0.15) is 0 Å². The van der Waals surface area contributed by atoms with Gasteiger partial charge in [0.25, 0.3) is 0 Å². The maximum Gasteiger partial charge on any atom is 0.312 e. The molecule has 1 N–H and O–H groups in total. The van der Waals surface area contributed by atoms with Crippen molar-refractivity contribution in [3.63, 3.8) is 0 Å². The molecule has 0 radical (unpaired) electrons. The normalized spacial score (nSPS) is 34.3. The molecule has 1 heterocycles. The van der Waals surface area contributed by atoms with Crippen molar-refractivity contribution in [2.24, 2.45) is 17.3 Å². The molecule has 4 atom stereocenters. The molecule has 2 rings (SSSR count). The second kappa shape index (κ2) is 5.43. The fraction of sp³-hybridized carbons (Fsp3) is 0.833. The molecular formula is C18H32O4Si. The molecule has 0 spiro atoms. The van der Waals surface area contributed by atoms with Gasteiger partial charge in [-0.05, 0) is 30.6 Å². The molecule has 2 fully saturated rings. The van der Waals surface area contributed by atoms with Gasteiger partial charge in [-0.25, -0.2) is 0 Å². The Balaban J connectivity index is 2.27. The fourth-order valence-electron chi connectivity index (χ4n) is 3.90. The lowest BCUT2D eigenvalue weighted by Crippen LogP contribution is -2.61. The summed E-state index contributed by atoms with van der Waals surface area (Å²) in [6, 6.07) is 0. The van der Waals surface area contributed by atoms with Gasteiger partial charge < -0.3 is 14.3 Å². The fourth-order valence-corrected chi connectivity index (χ4v) is 5.23. The van der Waals surface area contributed by atoms with Gasteiger partial charge in [0.15, 0.2) is 8.32 Å². The Hall–Kier alpha value is -0.653. The summed E-state index contributed by atoms with van der Waals surface area (Å²) in [6.07, 6.45) is 2.17. The smallest absolute Gasteiger partial charge is 0.312 e. The third-order valence-electron chi connectivity index (χ3n) is 6.45. The Kier molecular flexibility index (Phi) is 4.41. The van der Waals surface area contributed by atoms with E-state index in [2.05, 4.69) is 54.3 Å². The summed E-state index contributed by atoms with van der Waals surface area (Å²) in [7, 11) is -2.08. The first-order chi connectivity index (χ1) is 10.3. The van der Waals surface area contributed by atoms with Crippen LogP contribution in [0.1, 0.15) is 41.0 Å². The second-order valence-corrected chi connectivity index (χ2v) is 14.0. The molecular weight excluding hydrogens is 308 g/mol. The van der Waals surface area contributed by atoms with Crippen LogP contribution in [0.3, 0.4) is 0 Å². The first kappa shape index (κ1) is 18.7. The minimum atomic E-state index is -2.08. The van der Waals surface area contributed by atoms with Crippen LogP contribution in [-0.2, 0) is 14.0 Å². The maximum atomic E-state index is 12.6. The first-order valence-electron chi connectivity index (χ1n) is 8.48. The number of aliphatic hydroxyl groups is 1. The van der Waals surface area contributed by atoms with Crippen molar-refractivity contribution in [2.75, 3.05) is 6.61 Å². The zero-order valence-electron chi connectivity index (χ0n) is 15.6. The average Bonchev–Trinajstić information content (AvgIpc) is 2.64. The average molecular weight is 341 g/mol. The molecule has 1 aliphatic heterocycles. The minimum absolute atomic E-state index is 0.0251. The highest BCUT2D eigenvalue weighted by Crippen LogP contribution is 2.64. The molecule has 2 aliphatic rings. The number of carbonyl (C=O) groups is 1. The quantitative estimate of drug-likeness (QED) is 0.473. The molecule has 0 aromatic heterocycles. The van der Waals surface area contributed by atoms with E-state index < -0.39 is 25.9 Å². The topological polar surface area (TPSA) is 55.8 Å². The first-order valence-corrected chi connectivity index (χ1v) is 11.4.